The summed E-state index contributed by atoms with van der Waals surface area (Å²) in [4.78, 5) is 26.3. The van der Waals surface area contributed by atoms with Crippen LogP contribution in [0.1, 0.15) is 40.7 Å². The smallest absolute Gasteiger partial charge is 0.332 e. The second-order valence-electron chi connectivity index (χ2n) is 7.20. The number of urea groups is 1. The predicted molar refractivity (Wildman–Crippen MR) is 113 cm³/mol. The maximum Gasteiger partial charge on any atom is 0.337 e. The lowest BCUT2D eigenvalue weighted by Crippen LogP contribution is -2.38. The van der Waals surface area contributed by atoms with Crippen molar-refractivity contribution >= 4 is 29.3 Å². The molecular formula is C22H26ClN3O2. The molecule has 3 rings (SSSR count). The van der Waals surface area contributed by atoms with E-state index in [1.165, 1.54) is 5.56 Å². The Labute approximate surface area is 171 Å². The average molecular weight is 400 g/mol. The lowest BCUT2D eigenvalue weighted by atomic mass is 10.0. The Kier molecular flexibility index (Phi) is 7.06. The first kappa shape index (κ1) is 20.4. The van der Waals surface area contributed by atoms with Crippen LogP contribution < -0.4 is 9.74 Å². The zero-order valence-corrected chi connectivity index (χ0v) is 16.9. The summed E-state index contributed by atoms with van der Waals surface area (Å²) in [5, 5.41) is 2.68. The van der Waals surface area contributed by atoms with Gasteiger partial charge in [-0.05, 0) is 62.2 Å². The number of hydrogen-bond donors (Lipinski definition) is 1. The predicted octanol–water partition coefficient (Wildman–Crippen LogP) is 4.40. The zero-order chi connectivity index (χ0) is 19.9. The first-order valence-corrected chi connectivity index (χ1v) is 10.0. The standard InChI is InChI=1S/C22H26ClN3O2/c1-25(14-12-17-7-3-2-4-8-17)13-6-5-9-21(27)18-10-11-20-19(15-18)16-24-22(28)26(20)23/h2-4,7-8,10-11,15H,5-6,9,12-14,16H2,1H3,(H,24,28). The molecule has 0 unspecified atom stereocenters. The molecule has 2 aromatic carbocycles. The highest BCUT2D eigenvalue weighted by Crippen LogP contribution is 2.27. The van der Waals surface area contributed by atoms with E-state index in [0.29, 0.717) is 24.2 Å². The summed E-state index contributed by atoms with van der Waals surface area (Å²) in [6.45, 7) is 2.39. The number of fused-ring (bicyclic) bond motifs is 1. The number of amides is 2. The Hall–Kier alpha value is -2.37. The largest absolute Gasteiger partial charge is 0.337 e. The van der Waals surface area contributed by atoms with Crippen LogP contribution in [-0.4, -0.2) is 36.9 Å². The van der Waals surface area contributed by atoms with E-state index in [0.717, 1.165) is 42.3 Å². The van der Waals surface area contributed by atoms with Crippen molar-refractivity contribution in [1.29, 1.82) is 0 Å². The van der Waals surface area contributed by atoms with Crippen molar-refractivity contribution in [2.75, 3.05) is 24.6 Å². The molecule has 0 spiro atoms. The molecule has 2 aromatic rings. The third-order valence-corrected chi connectivity index (χ3v) is 5.38. The lowest BCUT2D eigenvalue weighted by Gasteiger charge is -2.24. The van der Waals surface area contributed by atoms with Gasteiger partial charge in [0.05, 0.1) is 5.69 Å². The topological polar surface area (TPSA) is 52.7 Å². The highest BCUT2D eigenvalue weighted by atomic mass is 35.5. The number of nitrogens with zero attached hydrogens (tertiary/aromatic N) is 2. The number of hydrogen-bond acceptors (Lipinski definition) is 3. The van der Waals surface area contributed by atoms with Gasteiger partial charge in [-0.3, -0.25) is 4.79 Å². The van der Waals surface area contributed by atoms with Crippen molar-refractivity contribution in [1.82, 2.24) is 10.2 Å². The molecule has 1 aliphatic heterocycles. The maximum absolute atomic E-state index is 12.5. The Balaban J connectivity index is 1.40. The Morgan fingerprint density at radius 2 is 1.93 bits per heavy atom. The van der Waals surface area contributed by atoms with Crippen molar-refractivity contribution in [3.8, 4) is 0 Å². The van der Waals surface area contributed by atoms with E-state index >= 15 is 0 Å². The van der Waals surface area contributed by atoms with Crippen molar-refractivity contribution in [3.63, 3.8) is 0 Å². The van der Waals surface area contributed by atoms with E-state index < -0.39 is 0 Å². The molecule has 2 amide bonds. The number of Topliss-reactive ketones (excluding diaryl/α,β-unsaturated/α-hetero) is 1. The number of carbonyl (C=O) groups excluding carboxylic acids is 2. The fourth-order valence-electron chi connectivity index (χ4n) is 3.33. The van der Waals surface area contributed by atoms with E-state index in [2.05, 4.69) is 41.5 Å². The first-order valence-electron chi connectivity index (χ1n) is 9.67. The summed E-state index contributed by atoms with van der Waals surface area (Å²) in [5.74, 6) is 0.132. The number of ketones is 1. The Morgan fingerprint density at radius 1 is 1.14 bits per heavy atom. The number of benzene rings is 2. The van der Waals surface area contributed by atoms with E-state index in [1.54, 1.807) is 12.1 Å². The number of rotatable bonds is 9. The SMILES string of the molecule is CN(CCCCC(=O)c1ccc2c(c1)CNC(=O)N2Cl)CCc1ccccc1. The van der Waals surface area contributed by atoms with E-state index in [4.69, 9.17) is 11.8 Å². The molecule has 1 N–H and O–H groups in total. The van der Waals surface area contributed by atoms with Crippen LogP contribution in [0.15, 0.2) is 48.5 Å². The van der Waals surface area contributed by atoms with Gasteiger partial charge in [-0.2, -0.15) is 0 Å². The second-order valence-corrected chi connectivity index (χ2v) is 7.54. The first-order chi connectivity index (χ1) is 13.5. The third kappa shape index (κ3) is 5.33. The molecule has 5 nitrogen and oxygen atoms in total. The van der Waals surface area contributed by atoms with Crippen LogP contribution in [0.2, 0.25) is 0 Å². The van der Waals surface area contributed by atoms with E-state index in [-0.39, 0.29) is 11.8 Å². The molecule has 28 heavy (non-hydrogen) atoms. The van der Waals surface area contributed by atoms with Crippen molar-refractivity contribution < 1.29 is 9.59 Å². The highest BCUT2D eigenvalue weighted by Gasteiger charge is 2.23. The fourth-order valence-corrected chi connectivity index (χ4v) is 3.55. The molecule has 1 heterocycles. The molecule has 0 aliphatic carbocycles. The van der Waals surface area contributed by atoms with Crippen LogP contribution in [0.3, 0.4) is 0 Å². The van der Waals surface area contributed by atoms with E-state index in [1.807, 2.05) is 12.1 Å². The molecule has 1 aliphatic rings. The van der Waals surface area contributed by atoms with Gasteiger partial charge < -0.3 is 10.2 Å². The van der Waals surface area contributed by atoms with Gasteiger partial charge in [-0.25, -0.2) is 9.21 Å². The summed E-state index contributed by atoms with van der Waals surface area (Å²) >= 11 is 5.96. The van der Waals surface area contributed by atoms with Crippen LogP contribution in [0.5, 0.6) is 0 Å². The number of unbranched alkanes of at least 4 members (excludes halogenated alkanes) is 1. The van der Waals surface area contributed by atoms with Gasteiger partial charge in [0.15, 0.2) is 5.78 Å². The highest BCUT2D eigenvalue weighted by molar-refractivity contribution is 6.37. The van der Waals surface area contributed by atoms with Crippen LogP contribution in [-0.2, 0) is 13.0 Å². The van der Waals surface area contributed by atoms with Crippen LogP contribution >= 0.6 is 11.8 Å². The van der Waals surface area contributed by atoms with Crippen LogP contribution in [0, 0.1) is 0 Å². The molecule has 6 heteroatoms. The summed E-state index contributed by atoms with van der Waals surface area (Å²) in [6, 6.07) is 15.5. The van der Waals surface area contributed by atoms with Crippen LogP contribution in [0.25, 0.3) is 0 Å². The minimum Gasteiger partial charge on any atom is -0.332 e. The summed E-state index contributed by atoms with van der Waals surface area (Å²) < 4.78 is 1.05. The van der Waals surface area contributed by atoms with Gasteiger partial charge >= 0.3 is 6.03 Å². The number of nitrogens with one attached hydrogen (secondary N) is 1. The Morgan fingerprint density at radius 3 is 2.71 bits per heavy atom. The zero-order valence-electron chi connectivity index (χ0n) is 16.2. The maximum atomic E-state index is 12.5. The molecule has 0 aromatic heterocycles. The quantitative estimate of drug-likeness (QED) is 0.386. The Bertz CT molecular complexity index is 826. The third-order valence-electron chi connectivity index (χ3n) is 5.04. The number of anilines is 1. The summed E-state index contributed by atoms with van der Waals surface area (Å²) in [6.07, 6.45) is 3.43. The van der Waals surface area contributed by atoms with Gasteiger partial charge in [-0.15, -0.1) is 0 Å². The van der Waals surface area contributed by atoms with Crippen LogP contribution in [0.4, 0.5) is 10.5 Å². The van der Waals surface area contributed by atoms with Gasteiger partial charge in [-0.1, -0.05) is 30.3 Å². The average Bonchev–Trinajstić information content (AvgIpc) is 2.72. The van der Waals surface area contributed by atoms with Crippen molar-refractivity contribution in [2.45, 2.75) is 32.2 Å². The lowest BCUT2D eigenvalue weighted by molar-refractivity contribution is 0.0978. The molecule has 0 saturated carbocycles. The van der Waals surface area contributed by atoms with Gasteiger partial charge in [0, 0.05) is 36.9 Å². The summed E-state index contributed by atoms with van der Waals surface area (Å²) in [5.41, 5.74) is 3.53. The molecular weight excluding hydrogens is 374 g/mol. The molecule has 0 fully saturated rings. The minimum atomic E-state index is -0.343. The van der Waals surface area contributed by atoms with Gasteiger partial charge in [0.1, 0.15) is 0 Å². The number of likely N-dealkylation sites (N-methyl/N-ethyl adjacent to an activating group) is 1. The second kappa shape index (κ2) is 9.71. The normalized spacial score (nSPS) is 13.4. The number of halogens is 1. The monoisotopic (exact) mass is 399 g/mol. The molecule has 0 radical (unpaired) electrons. The molecule has 0 bridgehead atoms. The fraction of sp³-hybridized carbons (Fsp3) is 0.364. The minimum absolute atomic E-state index is 0.132. The van der Waals surface area contributed by atoms with Gasteiger partial charge in [0.2, 0.25) is 0 Å². The van der Waals surface area contributed by atoms with E-state index in [9.17, 15) is 9.59 Å². The van der Waals surface area contributed by atoms with Gasteiger partial charge in [0.25, 0.3) is 0 Å². The number of carbonyl (C=O) groups is 2. The van der Waals surface area contributed by atoms with Crippen molar-refractivity contribution in [3.05, 3.63) is 65.2 Å². The molecule has 148 valence electrons. The molecule has 0 saturated heterocycles. The van der Waals surface area contributed by atoms with Crippen molar-refractivity contribution in [2.24, 2.45) is 0 Å². The molecule has 0 atom stereocenters. The summed E-state index contributed by atoms with van der Waals surface area (Å²) in [7, 11) is 2.13.